The molecule has 1 rings (SSSR count). The molecule has 0 aliphatic carbocycles. The largest absolute Gasteiger partial charge is 0.471 e. The van der Waals surface area contributed by atoms with Crippen molar-refractivity contribution in [3.63, 3.8) is 0 Å². The van der Waals surface area contributed by atoms with Gasteiger partial charge in [-0.3, -0.25) is 0 Å². The summed E-state index contributed by atoms with van der Waals surface area (Å²) in [6.07, 6.45) is -1.09. The zero-order valence-corrected chi connectivity index (χ0v) is 10.1. The number of ether oxygens (including phenoxy) is 1. The van der Waals surface area contributed by atoms with Crippen molar-refractivity contribution in [3.05, 3.63) is 22.8 Å². The van der Waals surface area contributed by atoms with E-state index in [0.717, 1.165) is 5.56 Å². The lowest BCUT2D eigenvalue weighted by Gasteiger charge is -2.09. The molecule has 1 atom stereocenters. The molecule has 0 aromatic carbocycles. The molecule has 92 valence electrons. The molecule has 0 bridgehead atoms. The van der Waals surface area contributed by atoms with Crippen molar-refractivity contribution in [1.29, 1.82) is 0 Å². The Kier molecular flexibility index (Phi) is 6.55. The van der Waals surface area contributed by atoms with Crippen LogP contribution in [0.2, 0.25) is 5.02 Å². The number of alkyl halides is 2. The third kappa shape index (κ3) is 4.47. The molecule has 2 N–H and O–H groups in total. The standard InChI is InChI=1S/C9H11ClF2N2O.ClH/c1-5(13)6-2-7(10)9(14-3-6)15-4-8(11)12;/h2-3,5,8H,4,13H2,1H3;1H. The molecule has 0 aliphatic rings. The van der Waals surface area contributed by atoms with E-state index in [4.69, 9.17) is 22.1 Å². The van der Waals surface area contributed by atoms with Crippen molar-refractivity contribution in [2.75, 3.05) is 6.61 Å². The average molecular weight is 273 g/mol. The van der Waals surface area contributed by atoms with Crippen LogP contribution in [-0.4, -0.2) is 18.0 Å². The summed E-state index contributed by atoms with van der Waals surface area (Å²) >= 11 is 5.77. The molecule has 1 heterocycles. The SMILES string of the molecule is CC(N)c1cnc(OCC(F)F)c(Cl)c1.Cl. The Morgan fingerprint density at radius 2 is 2.19 bits per heavy atom. The van der Waals surface area contributed by atoms with Crippen LogP contribution in [-0.2, 0) is 0 Å². The highest BCUT2D eigenvalue weighted by Gasteiger charge is 2.10. The fraction of sp³-hybridized carbons (Fsp3) is 0.444. The maximum absolute atomic E-state index is 11.8. The average Bonchev–Trinajstić information content (AvgIpc) is 2.15. The normalized spacial score (nSPS) is 12.1. The van der Waals surface area contributed by atoms with Crippen molar-refractivity contribution in [1.82, 2.24) is 4.98 Å². The first kappa shape index (κ1) is 15.3. The molecule has 1 aromatic heterocycles. The summed E-state index contributed by atoms with van der Waals surface area (Å²) in [4.78, 5) is 3.80. The molecule has 3 nitrogen and oxygen atoms in total. The molecule has 16 heavy (non-hydrogen) atoms. The summed E-state index contributed by atoms with van der Waals surface area (Å²) in [7, 11) is 0. The van der Waals surface area contributed by atoms with Gasteiger partial charge in [0.15, 0.2) is 6.61 Å². The van der Waals surface area contributed by atoms with Gasteiger partial charge >= 0.3 is 0 Å². The van der Waals surface area contributed by atoms with Gasteiger partial charge in [0.25, 0.3) is 6.43 Å². The van der Waals surface area contributed by atoms with Crippen molar-refractivity contribution >= 4 is 24.0 Å². The number of aromatic nitrogens is 1. The minimum Gasteiger partial charge on any atom is -0.471 e. The van der Waals surface area contributed by atoms with Gasteiger partial charge in [0.2, 0.25) is 5.88 Å². The summed E-state index contributed by atoms with van der Waals surface area (Å²) in [6.45, 7) is 1.05. The van der Waals surface area contributed by atoms with Crippen LogP contribution in [0.15, 0.2) is 12.3 Å². The van der Waals surface area contributed by atoms with Crippen LogP contribution in [0.4, 0.5) is 8.78 Å². The van der Waals surface area contributed by atoms with E-state index in [2.05, 4.69) is 4.98 Å². The molecular formula is C9H12Cl2F2N2O. The smallest absolute Gasteiger partial charge is 0.272 e. The monoisotopic (exact) mass is 272 g/mol. The summed E-state index contributed by atoms with van der Waals surface area (Å²) in [5, 5.41) is 0.186. The molecule has 0 amide bonds. The quantitative estimate of drug-likeness (QED) is 0.917. The molecule has 0 fully saturated rings. The van der Waals surface area contributed by atoms with Crippen molar-refractivity contribution in [2.45, 2.75) is 19.4 Å². The van der Waals surface area contributed by atoms with Gasteiger partial charge in [-0.15, -0.1) is 12.4 Å². The van der Waals surface area contributed by atoms with Gasteiger partial charge in [0.05, 0.1) is 0 Å². The maximum atomic E-state index is 11.8. The first-order chi connectivity index (χ1) is 7.00. The van der Waals surface area contributed by atoms with Crippen LogP contribution < -0.4 is 10.5 Å². The van der Waals surface area contributed by atoms with Crippen molar-refractivity contribution < 1.29 is 13.5 Å². The number of rotatable bonds is 4. The highest BCUT2D eigenvalue weighted by Crippen LogP contribution is 2.24. The van der Waals surface area contributed by atoms with E-state index in [-0.39, 0.29) is 29.4 Å². The van der Waals surface area contributed by atoms with Gasteiger partial charge in [-0.25, -0.2) is 13.8 Å². The van der Waals surface area contributed by atoms with Gasteiger partial charge in [0, 0.05) is 12.2 Å². The second-order valence-corrected chi connectivity index (χ2v) is 3.45. The second kappa shape index (κ2) is 6.83. The van der Waals surface area contributed by atoms with Gasteiger partial charge in [-0.1, -0.05) is 11.6 Å². The first-order valence-electron chi connectivity index (χ1n) is 4.32. The van der Waals surface area contributed by atoms with Crippen LogP contribution in [0.5, 0.6) is 5.88 Å². The van der Waals surface area contributed by atoms with Crippen molar-refractivity contribution in [3.8, 4) is 5.88 Å². The third-order valence-corrected chi connectivity index (χ3v) is 1.97. The molecular weight excluding hydrogens is 261 g/mol. The minimum atomic E-state index is -2.55. The molecule has 7 heteroatoms. The Morgan fingerprint density at radius 3 is 2.62 bits per heavy atom. The van der Waals surface area contributed by atoms with Crippen LogP contribution >= 0.6 is 24.0 Å². The number of nitrogens with zero attached hydrogens (tertiary/aromatic N) is 1. The third-order valence-electron chi connectivity index (χ3n) is 1.70. The number of hydrogen-bond acceptors (Lipinski definition) is 3. The van der Waals surface area contributed by atoms with Gasteiger partial charge in [-0.2, -0.15) is 0 Å². The predicted octanol–water partition coefficient (Wildman–Crippen LogP) is 2.82. The lowest BCUT2D eigenvalue weighted by Crippen LogP contribution is -2.10. The lowest BCUT2D eigenvalue weighted by molar-refractivity contribution is 0.0796. The molecule has 0 radical (unpaired) electrons. The van der Waals surface area contributed by atoms with E-state index < -0.39 is 13.0 Å². The molecule has 0 saturated carbocycles. The van der Waals surface area contributed by atoms with E-state index in [0.29, 0.717) is 0 Å². The van der Waals surface area contributed by atoms with E-state index >= 15 is 0 Å². The molecule has 1 aromatic rings. The summed E-state index contributed by atoms with van der Waals surface area (Å²) < 4.78 is 28.4. The zero-order valence-electron chi connectivity index (χ0n) is 8.49. The molecule has 1 unspecified atom stereocenters. The fourth-order valence-corrected chi connectivity index (χ4v) is 1.17. The topological polar surface area (TPSA) is 48.1 Å². The second-order valence-electron chi connectivity index (χ2n) is 3.05. The summed E-state index contributed by atoms with van der Waals surface area (Å²) in [5.41, 5.74) is 6.32. The van der Waals surface area contributed by atoms with E-state index in [1.165, 1.54) is 6.20 Å². The number of hydrogen-bond donors (Lipinski definition) is 1. The Morgan fingerprint density at radius 1 is 1.56 bits per heavy atom. The zero-order chi connectivity index (χ0) is 11.4. The molecule has 0 aliphatic heterocycles. The molecule has 0 spiro atoms. The highest BCUT2D eigenvalue weighted by molar-refractivity contribution is 6.31. The van der Waals surface area contributed by atoms with Gasteiger partial charge < -0.3 is 10.5 Å². The Hall–Kier alpha value is -0.650. The van der Waals surface area contributed by atoms with E-state index in [1.54, 1.807) is 13.0 Å². The highest BCUT2D eigenvalue weighted by atomic mass is 35.5. The lowest BCUT2D eigenvalue weighted by atomic mass is 10.2. The van der Waals surface area contributed by atoms with Crippen LogP contribution in [0.1, 0.15) is 18.5 Å². The fourth-order valence-electron chi connectivity index (χ4n) is 0.937. The summed E-state index contributed by atoms with van der Waals surface area (Å²) in [6, 6.07) is 1.35. The number of pyridine rings is 1. The Bertz CT molecular complexity index is 337. The van der Waals surface area contributed by atoms with E-state index in [9.17, 15) is 8.78 Å². The molecule has 0 saturated heterocycles. The minimum absolute atomic E-state index is 0. The maximum Gasteiger partial charge on any atom is 0.272 e. The number of nitrogens with two attached hydrogens (primary N) is 1. The van der Waals surface area contributed by atoms with Crippen LogP contribution in [0.3, 0.4) is 0 Å². The first-order valence-corrected chi connectivity index (χ1v) is 4.70. The predicted molar refractivity (Wildman–Crippen MR) is 60.6 cm³/mol. The van der Waals surface area contributed by atoms with Crippen molar-refractivity contribution in [2.24, 2.45) is 5.73 Å². The Labute approximate surface area is 103 Å². The number of halogens is 4. The Balaban J connectivity index is 0.00000225. The van der Waals surface area contributed by atoms with Crippen LogP contribution in [0, 0.1) is 0 Å². The van der Waals surface area contributed by atoms with Gasteiger partial charge in [-0.05, 0) is 18.6 Å². The summed E-state index contributed by atoms with van der Waals surface area (Å²) in [5.74, 6) is 0.00127. The van der Waals surface area contributed by atoms with E-state index in [1.807, 2.05) is 0 Å². The van der Waals surface area contributed by atoms with Crippen LogP contribution in [0.25, 0.3) is 0 Å². The van der Waals surface area contributed by atoms with Gasteiger partial charge in [0.1, 0.15) is 5.02 Å².